The fourth-order valence-corrected chi connectivity index (χ4v) is 1.83. The molecule has 1 unspecified atom stereocenters. The molecule has 0 spiro atoms. The van der Waals surface area contributed by atoms with Crippen LogP contribution in [0.4, 0.5) is 0 Å². The number of aliphatic carboxylic acids is 1. The van der Waals surface area contributed by atoms with Crippen LogP contribution in [0, 0.1) is 11.3 Å². The Hall–Kier alpha value is -1.59. The molecule has 0 bridgehead atoms. The van der Waals surface area contributed by atoms with Gasteiger partial charge in [0.05, 0.1) is 0 Å². The number of nitrogens with one attached hydrogen (secondary N) is 2. The van der Waals surface area contributed by atoms with Crippen LogP contribution in [0.3, 0.4) is 0 Å². The zero-order chi connectivity index (χ0) is 16.8. The van der Waals surface area contributed by atoms with Gasteiger partial charge in [-0.2, -0.15) is 0 Å². The minimum absolute atomic E-state index is 0.150. The van der Waals surface area contributed by atoms with Gasteiger partial charge >= 0.3 is 5.97 Å². The quantitative estimate of drug-likeness (QED) is 0.664. The SMILES string of the molecule is CC(C)C[C@H](NC(=O)C(C)NC(=O)CC(C)(C)C)C(=O)O. The van der Waals surface area contributed by atoms with Gasteiger partial charge in [0.25, 0.3) is 0 Å². The molecule has 0 aromatic carbocycles. The second-order valence-corrected chi connectivity index (χ2v) is 7.06. The molecule has 0 rings (SSSR count). The van der Waals surface area contributed by atoms with Crippen molar-refractivity contribution in [2.75, 3.05) is 0 Å². The van der Waals surface area contributed by atoms with E-state index in [9.17, 15) is 14.4 Å². The normalized spacial score (nSPS) is 14.4. The molecule has 0 fully saturated rings. The van der Waals surface area contributed by atoms with Crippen LogP contribution in [0.1, 0.15) is 54.4 Å². The molecule has 122 valence electrons. The van der Waals surface area contributed by atoms with Crippen molar-refractivity contribution in [3.8, 4) is 0 Å². The van der Waals surface area contributed by atoms with Gasteiger partial charge in [-0.05, 0) is 24.7 Å². The smallest absolute Gasteiger partial charge is 0.326 e. The van der Waals surface area contributed by atoms with E-state index in [1.54, 1.807) is 6.92 Å². The van der Waals surface area contributed by atoms with Gasteiger partial charge < -0.3 is 15.7 Å². The van der Waals surface area contributed by atoms with Crippen LogP contribution < -0.4 is 10.6 Å². The first kappa shape index (κ1) is 19.4. The van der Waals surface area contributed by atoms with Crippen molar-refractivity contribution in [2.45, 2.75) is 66.5 Å². The van der Waals surface area contributed by atoms with E-state index in [1.165, 1.54) is 0 Å². The second kappa shape index (κ2) is 8.00. The number of carbonyl (C=O) groups is 3. The Morgan fingerprint density at radius 2 is 1.57 bits per heavy atom. The maximum absolute atomic E-state index is 12.0. The molecule has 0 aliphatic carbocycles. The van der Waals surface area contributed by atoms with E-state index >= 15 is 0 Å². The van der Waals surface area contributed by atoms with E-state index in [2.05, 4.69) is 10.6 Å². The van der Waals surface area contributed by atoms with Crippen molar-refractivity contribution in [1.29, 1.82) is 0 Å². The topological polar surface area (TPSA) is 95.5 Å². The first-order valence-corrected chi connectivity index (χ1v) is 7.25. The molecule has 0 aromatic rings. The fourth-order valence-electron chi connectivity index (χ4n) is 1.83. The third-order valence-electron chi connectivity index (χ3n) is 2.78. The summed E-state index contributed by atoms with van der Waals surface area (Å²) in [6.45, 7) is 11.1. The minimum Gasteiger partial charge on any atom is -0.480 e. The summed E-state index contributed by atoms with van der Waals surface area (Å²) in [5.74, 6) is -1.62. The molecule has 3 N–H and O–H groups in total. The van der Waals surface area contributed by atoms with Crippen LogP contribution in [0.5, 0.6) is 0 Å². The van der Waals surface area contributed by atoms with Crippen molar-refractivity contribution >= 4 is 17.8 Å². The van der Waals surface area contributed by atoms with E-state index in [1.807, 2.05) is 34.6 Å². The van der Waals surface area contributed by atoms with Crippen molar-refractivity contribution in [3.63, 3.8) is 0 Å². The summed E-state index contributed by atoms with van der Waals surface area (Å²) in [5, 5.41) is 14.1. The Balaban J connectivity index is 4.49. The van der Waals surface area contributed by atoms with Gasteiger partial charge in [-0.25, -0.2) is 4.79 Å². The van der Waals surface area contributed by atoms with E-state index in [0.29, 0.717) is 12.8 Å². The van der Waals surface area contributed by atoms with Crippen LogP contribution in [-0.2, 0) is 14.4 Å². The number of hydrogen-bond acceptors (Lipinski definition) is 3. The Labute approximate surface area is 126 Å². The molecule has 0 saturated heterocycles. The van der Waals surface area contributed by atoms with Crippen LogP contribution in [0.25, 0.3) is 0 Å². The van der Waals surface area contributed by atoms with Gasteiger partial charge in [0.2, 0.25) is 11.8 Å². The average Bonchev–Trinajstić information content (AvgIpc) is 2.24. The number of amides is 2. The number of rotatable bonds is 7. The van der Waals surface area contributed by atoms with Gasteiger partial charge in [-0.1, -0.05) is 34.6 Å². The zero-order valence-corrected chi connectivity index (χ0v) is 13.8. The predicted molar refractivity (Wildman–Crippen MR) is 80.7 cm³/mol. The first-order valence-electron chi connectivity index (χ1n) is 7.25. The van der Waals surface area contributed by atoms with E-state index in [-0.39, 0.29) is 17.2 Å². The minimum atomic E-state index is -1.06. The summed E-state index contributed by atoms with van der Waals surface area (Å²) in [6.07, 6.45) is 0.655. The van der Waals surface area contributed by atoms with Gasteiger partial charge in [-0.3, -0.25) is 9.59 Å². The molecular weight excluding hydrogens is 272 g/mol. The molecule has 0 aromatic heterocycles. The zero-order valence-electron chi connectivity index (χ0n) is 13.8. The van der Waals surface area contributed by atoms with E-state index < -0.39 is 24.0 Å². The average molecular weight is 300 g/mol. The Bertz CT molecular complexity index is 386. The molecule has 2 atom stereocenters. The summed E-state index contributed by atoms with van der Waals surface area (Å²) in [6, 6.07) is -1.69. The Morgan fingerprint density at radius 3 is 1.95 bits per heavy atom. The predicted octanol–water partition coefficient (Wildman–Crippen LogP) is 1.54. The summed E-state index contributed by atoms with van der Waals surface area (Å²) in [5.41, 5.74) is -0.165. The van der Waals surface area contributed by atoms with E-state index in [4.69, 9.17) is 5.11 Å². The molecule has 2 amide bonds. The summed E-state index contributed by atoms with van der Waals surface area (Å²) < 4.78 is 0. The molecular formula is C15H28N2O4. The van der Waals surface area contributed by atoms with Gasteiger partial charge in [0, 0.05) is 6.42 Å². The number of carboxylic acids is 1. The molecule has 0 saturated carbocycles. The van der Waals surface area contributed by atoms with Crippen molar-refractivity contribution < 1.29 is 19.5 Å². The largest absolute Gasteiger partial charge is 0.480 e. The summed E-state index contributed by atoms with van der Waals surface area (Å²) in [4.78, 5) is 34.8. The number of carbonyl (C=O) groups excluding carboxylic acids is 2. The lowest BCUT2D eigenvalue weighted by Crippen LogP contribution is -2.51. The molecule has 0 aliphatic heterocycles. The lowest BCUT2D eigenvalue weighted by atomic mass is 9.92. The highest BCUT2D eigenvalue weighted by molar-refractivity contribution is 5.90. The molecule has 0 heterocycles. The number of hydrogen-bond donors (Lipinski definition) is 3. The molecule has 0 radical (unpaired) electrons. The first-order chi connectivity index (χ1) is 9.42. The van der Waals surface area contributed by atoms with E-state index in [0.717, 1.165) is 0 Å². The van der Waals surface area contributed by atoms with Gasteiger partial charge in [0.15, 0.2) is 0 Å². The highest BCUT2D eigenvalue weighted by atomic mass is 16.4. The highest BCUT2D eigenvalue weighted by Crippen LogP contribution is 2.17. The maximum atomic E-state index is 12.0. The lowest BCUT2D eigenvalue weighted by Gasteiger charge is -2.22. The van der Waals surface area contributed by atoms with Crippen LogP contribution in [0.2, 0.25) is 0 Å². The third-order valence-corrected chi connectivity index (χ3v) is 2.78. The van der Waals surface area contributed by atoms with Crippen LogP contribution >= 0.6 is 0 Å². The maximum Gasteiger partial charge on any atom is 0.326 e. The summed E-state index contributed by atoms with van der Waals surface area (Å²) in [7, 11) is 0. The van der Waals surface area contributed by atoms with Gasteiger partial charge in [-0.15, -0.1) is 0 Å². The summed E-state index contributed by atoms with van der Waals surface area (Å²) >= 11 is 0. The molecule has 6 nitrogen and oxygen atoms in total. The standard InChI is InChI=1S/C15H28N2O4/c1-9(2)7-11(14(20)21)17-13(19)10(3)16-12(18)8-15(4,5)6/h9-11H,7-8H2,1-6H3,(H,16,18)(H,17,19)(H,20,21)/t10?,11-/m0/s1. The Morgan fingerprint density at radius 1 is 1.05 bits per heavy atom. The monoisotopic (exact) mass is 300 g/mol. The second-order valence-electron chi connectivity index (χ2n) is 7.06. The van der Waals surface area contributed by atoms with Crippen molar-refractivity contribution in [3.05, 3.63) is 0 Å². The number of carboxylic acid groups (broad SMARTS) is 1. The lowest BCUT2D eigenvalue weighted by molar-refractivity contribution is -0.142. The van der Waals surface area contributed by atoms with Gasteiger partial charge in [0.1, 0.15) is 12.1 Å². The van der Waals surface area contributed by atoms with Crippen molar-refractivity contribution in [1.82, 2.24) is 10.6 Å². The molecule has 0 aliphatic rings. The molecule has 21 heavy (non-hydrogen) atoms. The fraction of sp³-hybridized carbons (Fsp3) is 0.800. The Kier molecular flexibility index (Phi) is 7.39. The van der Waals surface area contributed by atoms with Crippen LogP contribution in [-0.4, -0.2) is 35.0 Å². The highest BCUT2D eigenvalue weighted by Gasteiger charge is 2.25. The van der Waals surface area contributed by atoms with Crippen LogP contribution in [0.15, 0.2) is 0 Å². The van der Waals surface area contributed by atoms with Crippen molar-refractivity contribution in [2.24, 2.45) is 11.3 Å². The molecule has 6 heteroatoms. The third kappa shape index (κ3) is 9.05.